The quantitative estimate of drug-likeness (QED) is 0.748. The van der Waals surface area contributed by atoms with Crippen molar-refractivity contribution < 1.29 is 4.74 Å². The number of hydrogen-bond donors (Lipinski definition) is 1. The van der Waals surface area contributed by atoms with Gasteiger partial charge in [0.05, 0.1) is 6.10 Å². The van der Waals surface area contributed by atoms with Gasteiger partial charge in [0, 0.05) is 25.5 Å². The summed E-state index contributed by atoms with van der Waals surface area (Å²) in [5.74, 6) is 0.647. The molecule has 0 amide bonds. The van der Waals surface area contributed by atoms with Gasteiger partial charge in [0.25, 0.3) is 0 Å². The van der Waals surface area contributed by atoms with Crippen LogP contribution in [0.25, 0.3) is 0 Å². The minimum atomic E-state index is 0.308. The zero-order valence-electron chi connectivity index (χ0n) is 9.74. The Labute approximate surface area is 101 Å². The number of unbranched alkanes of at least 4 members (excludes halogenated alkanes) is 1. The van der Waals surface area contributed by atoms with Gasteiger partial charge in [-0.25, -0.2) is 9.97 Å². The number of hydrogen-bond acceptors (Lipinski definition) is 4. The molecule has 0 aliphatic heterocycles. The van der Waals surface area contributed by atoms with Gasteiger partial charge in [0.1, 0.15) is 0 Å². The van der Waals surface area contributed by atoms with Gasteiger partial charge in [-0.1, -0.05) is 11.6 Å². The van der Waals surface area contributed by atoms with E-state index in [0.29, 0.717) is 17.1 Å². The van der Waals surface area contributed by atoms with Crippen molar-refractivity contribution in [3.05, 3.63) is 17.5 Å². The second-order valence-corrected chi connectivity index (χ2v) is 4.11. The maximum Gasteiger partial charge on any atom is 0.171 e. The van der Waals surface area contributed by atoms with Gasteiger partial charge in [-0.15, -0.1) is 0 Å². The third-order valence-electron chi connectivity index (χ3n) is 1.97. The van der Waals surface area contributed by atoms with Crippen molar-refractivity contribution in [1.29, 1.82) is 0 Å². The van der Waals surface area contributed by atoms with E-state index < -0.39 is 0 Å². The molecule has 1 aromatic rings. The summed E-state index contributed by atoms with van der Waals surface area (Å²) in [5.41, 5.74) is 0. The fourth-order valence-corrected chi connectivity index (χ4v) is 1.36. The summed E-state index contributed by atoms with van der Waals surface area (Å²) in [6.45, 7) is 5.71. The standard InChI is InChI=1S/C11H18ClN3O/c1-9(2)16-8-4-3-5-14-11-10(12)13-6-7-15-11/h6-7,9H,3-5,8H2,1-2H3,(H,14,15). The number of ether oxygens (including phenoxy) is 1. The van der Waals surface area contributed by atoms with Crippen LogP contribution in [-0.4, -0.2) is 29.2 Å². The van der Waals surface area contributed by atoms with Gasteiger partial charge >= 0.3 is 0 Å². The van der Waals surface area contributed by atoms with Crippen LogP contribution in [0.1, 0.15) is 26.7 Å². The molecule has 0 aliphatic rings. The summed E-state index contributed by atoms with van der Waals surface area (Å²) in [5, 5.41) is 3.56. The van der Waals surface area contributed by atoms with Crippen LogP contribution >= 0.6 is 11.6 Å². The Hall–Kier alpha value is -0.870. The average molecular weight is 244 g/mol. The van der Waals surface area contributed by atoms with Crippen LogP contribution in [0, 0.1) is 0 Å². The number of nitrogens with one attached hydrogen (secondary N) is 1. The van der Waals surface area contributed by atoms with E-state index in [1.807, 2.05) is 13.8 Å². The molecule has 16 heavy (non-hydrogen) atoms. The van der Waals surface area contributed by atoms with E-state index in [1.54, 1.807) is 12.4 Å². The number of anilines is 1. The highest BCUT2D eigenvalue weighted by atomic mass is 35.5. The van der Waals surface area contributed by atoms with Gasteiger partial charge < -0.3 is 10.1 Å². The van der Waals surface area contributed by atoms with Crippen molar-refractivity contribution >= 4 is 17.4 Å². The summed E-state index contributed by atoms with van der Waals surface area (Å²) in [4.78, 5) is 8.02. The molecule has 1 rings (SSSR count). The number of aromatic nitrogens is 2. The van der Waals surface area contributed by atoms with Crippen LogP contribution in [-0.2, 0) is 4.74 Å². The van der Waals surface area contributed by atoms with Crippen molar-refractivity contribution in [2.75, 3.05) is 18.5 Å². The first kappa shape index (κ1) is 13.2. The third kappa shape index (κ3) is 5.28. The van der Waals surface area contributed by atoms with Crippen LogP contribution in [0.3, 0.4) is 0 Å². The summed E-state index contributed by atoms with van der Waals surface area (Å²) >= 11 is 5.85. The zero-order chi connectivity index (χ0) is 11.8. The lowest BCUT2D eigenvalue weighted by molar-refractivity contribution is 0.0765. The van der Waals surface area contributed by atoms with Gasteiger partial charge in [0.2, 0.25) is 0 Å². The van der Waals surface area contributed by atoms with Gasteiger partial charge in [0.15, 0.2) is 11.0 Å². The fraction of sp³-hybridized carbons (Fsp3) is 0.636. The van der Waals surface area contributed by atoms with Gasteiger partial charge in [-0.2, -0.15) is 0 Å². The Morgan fingerprint density at radius 2 is 2.06 bits per heavy atom. The molecule has 90 valence electrons. The van der Waals surface area contributed by atoms with E-state index in [9.17, 15) is 0 Å². The van der Waals surface area contributed by atoms with Crippen molar-refractivity contribution in [3.63, 3.8) is 0 Å². The van der Waals surface area contributed by atoms with Crippen molar-refractivity contribution in [2.24, 2.45) is 0 Å². The van der Waals surface area contributed by atoms with Crippen molar-refractivity contribution in [1.82, 2.24) is 9.97 Å². The average Bonchev–Trinajstić information content (AvgIpc) is 2.25. The van der Waals surface area contributed by atoms with Crippen LogP contribution in [0.2, 0.25) is 5.15 Å². The molecule has 0 fully saturated rings. The van der Waals surface area contributed by atoms with E-state index >= 15 is 0 Å². The fourth-order valence-electron chi connectivity index (χ4n) is 1.19. The Morgan fingerprint density at radius 3 is 2.75 bits per heavy atom. The Balaban J connectivity index is 2.10. The Morgan fingerprint density at radius 1 is 1.31 bits per heavy atom. The largest absolute Gasteiger partial charge is 0.379 e. The first-order valence-corrected chi connectivity index (χ1v) is 5.90. The maximum absolute atomic E-state index is 5.85. The van der Waals surface area contributed by atoms with E-state index in [4.69, 9.17) is 16.3 Å². The summed E-state index contributed by atoms with van der Waals surface area (Å²) in [6, 6.07) is 0. The first-order chi connectivity index (χ1) is 7.70. The number of halogens is 1. The monoisotopic (exact) mass is 243 g/mol. The smallest absolute Gasteiger partial charge is 0.171 e. The lowest BCUT2D eigenvalue weighted by atomic mass is 10.3. The molecule has 0 aliphatic carbocycles. The van der Waals surface area contributed by atoms with Crippen molar-refractivity contribution in [3.8, 4) is 0 Å². The molecule has 0 atom stereocenters. The summed E-state index contributed by atoms with van der Waals surface area (Å²) < 4.78 is 5.44. The molecule has 1 N–H and O–H groups in total. The first-order valence-electron chi connectivity index (χ1n) is 5.52. The molecule has 0 bridgehead atoms. The summed E-state index contributed by atoms with van der Waals surface area (Å²) in [6.07, 6.45) is 5.56. The molecule has 4 nitrogen and oxygen atoms in total. The van der Waals surface area contributed by atoms with Crippen LogP contribution in [0.4, 0.5) is 5.82 Å². The molecular formula is C11H18ClN3O. The highest BCUT2D eigenvalue weighted by molar-refractivity contribution is 6.31. The zero-order valence-corrected chi connectivity index (χ0v) is 10.5. The maximum atomic E-state index is 5.85. The molecule has 0 spiro atoms. The van der Waals surface area contributed by atoms with E-state index in [2.05, 4.69) is 15.3 Å². The lowest BCUT2D eigenvalue weighted by Crippen LogP contribution is -2.08. The normalized spacial score (nSPS) is 10.8. The Bertz CT molecular complexity index is 307. The Kier molecular flexibility index (Phi) is 6.11. The molecular weight excluding hydrogens is 226 g/mol. The second kappa shape index (κ2) is 7.41. The molecule has 0 saturated heterocycles. The lowest BCUT2D eigenvalue weighted by Gasteiger charge is -2.08. The van der Waals surface area contributed by atoms with E-state index in [0.717, 1.165) is 26.0 Å². The predicted molar refractivity (Wildman–Crippen MR) is 65.9 cm³/mol. The molecule has 0 aromatic carbocycles. The van der Waals surface area contributed by atoms with Gasteiger partial charge in [-0.05, 0) is 26.7 Å². The minimum absolute atomic E-state index is 0.308. The SMILES string of the molecule is CC(C)OCCCCNc1nccnc1Cl. The van der Waals surface area contributed by atoms with Crippen LogP contribution < -0.4 is 5.32 Å². The second-order valence-electron chi connectivity index (χ2n) is 3.75. The molecule has 1 aromatic heterocycles. The van der Waals surface area contributed by atoms with Crippen LogP contribution in [0.15, 0.2) is 12.4 Å². The topological polar surface area (TPSA) is 47.0 Å². The molecule has 5 heteroatoms. The molecule has 0 unspecified atom stereocenters. The highest BCUT2D eigenvalue weighted by Crippen LogP contribution is 2.13. The minimum Gasteiger partial charge on any atom is -0.379 e. The highest BCUT2D eigenvalue weighted by Gasteiger charge is 2.00. The third-order valence-corrected chi connectivity index (χ3v) is 2.24. The van der Waals surface area contributed by atoms with E-state index in [1.165, 1.54) is 0 Å². The summed E-state index contributed by atoms with van der Waals surface area (Å²) in [7, 11) is 0. The van der Waals surface area contributed by atoms with Gasteiger partial charge in [-0.3, -0.25) is 0 Å². The van der Waals surface area contributed by atoms with Crippen LogP contribution in [0.5, 0.6) is 0 Å². The number of nitrogens with zero attached hydrogens (tertiary/aromatic N) is 2. The molecule has 1 heterocycles. The number of rotatable bonds is 7. The van der Waals surface area contributed by atoms with E-state index in [-0.39, 0.29) is 0 Å². The van der Waals surface area contributed by atoms with Crippen molar-refractivity contribution in [2.45, 2.75) is 32.8 Å². The predicted octanol–water partition coefficient (Wildman–Crippen LogP) is 2.75. The molecule has 0 saturated carbocycles. The molecule has 0 radical (unpaired) electrons.